The third-order valence-corrected chi connectivity index (χ3v) is 6.14. The molecule has 0 amide bonds. The molecular weight excluding hydrogens is 334 g/mol. The minimum atomic E-state index is -3.22. The summed E-state index contributed by atoms with van der Waals surface area (Å²) in [4.78, 5) is 2.53. The highest BCUT2D eigenvalue weighted by molar-refractivity contribution is 7.90. The summed E-state index contributed by atoms with van der Waals surface area (Å²) >= 11 is 0. The molecule has 0 aromatic heterocycles. The van der Waals surface area contributed by atoms with Gasteiger partial charge in [-0.05, 0) is 54.7 Å². The van der Waals surface area contributed by atoms with Crippen molar-refractivity contribution in [3.05, 3.63) is 64.7 Å². The first-order valence-corrected chi connectivity index (χ1v) is 10.4. The molecule has 25 heavy (non-hydrogen) atoms. The predicted octanol–water partition coefficient (Wildman–Crippen LogP) is 2.66. The molecule has 5 heteroatoms. The number of sulfone groups is 1. The molecule has 1 aliphatic rings. The molecule has 0 saturated carbocycles. The van der Waals surface area contributed by atoms with E-state index in [-0.39, 0.29) is 4.90 Å². The zero-order chi connectivity index (χ0) is 18.2. The first-order chi connectivity index (χ1) is 11.7. The fourth-order valence-electron chi connectivity index (χ4n) is 3.58. The molecule has 0 aliphatic carbocycles. The maximum atomic E-state index is 11.6. The van der Waals surface area contributed by atoms with Crippen molar-refractivity contribution in [2.75, 3.05) is 19.3 Å². The summed E-state index contributed by atoms with van der Waals surface area (Å²) in [6.07, 6.45) is 2.18. The quantitative estimate of drug-likeness (QED) is 0.912. The number of hydrogen-bond donors (Lipinski definition) is 1. The molecular formula is C20H25NO3S. The first-order valence-electron chi connectivity index (χ1n) is 8.49. The van der Waals surface area contributed by atoms with E-state index in [0.29, 0.717) is 6.54 Å². The minimum Gasteiger partial charge on any atom is -0.384 e. The fraction of sp³-hybridized carbons (Fsp3) is 0.400. The molecule has 3 rings (SSSR count). The largest absolute Gasteiger partial charge is 0.384 e. The normalized spacial score (nSPS) is 17.8. The van der Waals surface area contributed by atoms with Crippen LogP contribution >= 0.6 is 0 Å². The van der Waals surface area contributed by atoms with Gasteiger partial charge in [-0.15, -0.1) is 0 Å². The van der Waals surface area contributed by atoms with Crippen LogP contribution in [0.2, 0.25) is 0 Å². The Morgan fingerprint density at radius 2 is 1.84 bits per heavy atom. The second kappa shape index (κ2) is 6.56. The van der Waals surface area contributed by atoms with E-state index in [1.165, 1.54) is 22.9 Å². The molecule has 0 radical (unpaired) electrons. The van der Waals surface area contributed by atoms with Gasteiger partial charge in [0.25, 0.3) is 0 Å². The van der Waals surface area contributed by atoms with Gasteiger partial charge in [0.15, 0.2) is 9.84 Å². The van der Waals surface area contributed by atoms with E-state index in [1.54, 1.807) is 31.2 Å². The number of fused-ring (bicyclic) bond motifs is 1. The Morgan fingerprint density at radius 3 is 2.48 bits per heavy atom. The van der Waals surface area contributed by atoms with Crippen molar-refractivity contribution in [1.82, 2.24) is 4.90 Å². The maximum Gasteiger partial charge on any atom is 0.175 e. The third kappa shape index (κ3) is 3.94. The van der Waals surface area contributed by atoms with E-state index in [1.807, 2.05) is 0 Å². The summed E-state index contributed by atoms with van der Waals surface area (Å²) in [5.74, 6) is 0. The van der Waals surface area contributed by atoms with Gasteiger partial charge < -0.3 is 5.11 Å². The number of aryl methyl sites for hydroxylation is 1. The van der Waals surface area contributed by atoms with Crippen LogP contribution in [-0.4, -0.2) is 37.8 Å². The van der Waals surface area contributed by atoms with Crippen LogP contribution in [0.5, 0.6) is 0 Å². The highest BCUT2D eigenvalue weighted by atomic mass is 32.2. The zero-order valence-corrected chi connectivity index (χ0v) is 15.8. The Hall–Kier alpha value is -1.69. The van der Waals surface area contributed by atoms with E-state index in [2.05, 4.69) is 30.0 Å². The summed E-state index contributed by atoms with van der Waals surface area (Å²) in [7, 11) is -3.22. The highest BCUT2D eigenvalue weighted by Crippen LogP contribution is 2.27. The summed E-state index contributed by atoms with van der Waals surface area (Å²) in [5.41, 5.74) is 3.79. The van der Waals surface area contributed by atoms with Gasteiger partial charge in [0.05, 0.1) is 10.5 Å². The number of β-amino-alcohol motifs (C(OH)–C–C–N with tert-alkyl or cyclic N) is 1. The Labute approximate surface area is 150 Å². The molecule has 0 spiro atoms. The van der Waals surface area contributed by atoms with E-state index in [9.17, 15) is 13.5 Å². The van der Waals surface area contributed by atoms with Gasteiger partial charge in [-0.1, -0.05) is 30.3 Å². The molecule has 1 aliphatic heterocycles. The minimum absolute atomic E-state index is 0.273. The molecule has 1 N–H and O–H groups in total. The third-order valence-electron chi connectivity index (χ3n) is 5.02. The fourth-order valence-corrected chi connectivity index (χ4v) is 4.21. The smallest absolute Gasteiger partial charge is 0.175 e. The van der Waals surface area contributed by atoms with E-state index in [4.69, 9.17) is 0 Å². The zero-order valence-electron chi connectivity index (χ0n) is 15.0. The number of rotatable bonds is 4. The number of benzene rings is 2. The van der Waals surface area contributed by atoms with Crippen molar-refractivity contribution in [2.45, 2.75) is 37.3 Å². The van der Waals surface area contributed by atoms with Crippen LogP contribution in [0, 0.1) is 6.92 Å². The topological polar surface area (TPSA) is 57.6 Å². The Balaban J connectivity index is 1.76. The number of nitrogens with zero attached hydrogens (tertiary/aromatic N) is 1. The number of hydrogen-bond acceptors (Lipinski definition) is 4. The molecule has 1 atom stereocenters. The second-order valence-corrected chi connectivity index (χ2v) is 9.26. The van der Waals surface area contributed by atoms with Crippen LogP contribution in [0.3, 0.4) is 0 Å². The lowest BCUT2D eigenvalue weighted by Gasteiger charge is -2.35. The molecule has 1 heterocycles. The lowest BCUT2D eigenvalue weighted by molar-refractivity contribution is 0.0117. The molecule has 2 aromatic rings. The Bertz CT molecular complexity index is 870. The van der Waals surface area contributed by atoms with Crippen molar-refractivity contribution in [1.29, 1.82) is 0 Å². The molecule has 0 bridgehead atoms. The van der Waals surface area contributed by atoms with Crippen molar-refractivity contribution < 1.29 is 13.5 Å². The van der Waals surface area contributed by atoms with Crippen molar-refractivity contribution >= 4 is 9.84 Å². The summed E-state index contributed by atoms with van der Waals surface area (Å²) in [6.45, 7) is 6.19. The second-order valence-electron chi connectivity index (χ2n) is 7.24. The molecule has 0 fully saturated rings. The molecule has 134 valence electrons. The Kier molecular flexibility index (Phi) is 4.75. The average molecular weight is 359 g/mol. The SMILES string of the molecule is Cc1cccc2c1CCN(CC(C)(O)c1ccc(S(C)(=O)=O)cc1)C2. The maximum absolute atomic E-state index is 11.6. The van der Waals surface area contributed by atoms with Gasteiger partial charge in [-0.2, -0.15) is 0 Å². The van der Waals surface area contributed by atoms with Crippen LogP contribution in [0.1, 0.15) is 29.2 Å². The van der Waals surface area contributed by atoms with Gasteiger partial charge in [0.2, 0.25) is 0 Å². The van der Waals surface area contributed by atoms with Crippen LogP contribution < -0.4 is 0 Å². The number of aliphatic hydroxyl groups is 1. The van der Waals surface area contributed by atoms with Crippen LogP contribution in [0.4, 0.5) is 0 Å². The Morgan fingerprint density at radius 1 is 1.16 bits per heavy atom. The predicted molar refractivity (Wildman–Crippen MR) is 99.3 cm³/mol. The van der Waals surface area contributed by atoms with Gasteiger partial charge in [-0.3, -0.25) is 4.90 Å². The van der Waals surface area contributed by atoms with Crippen LogP contribution in [0.25, 0.3) is 0 Å². The van der Waals surface area contributed by atoms with Gasteiger partial charge >= 0.3 is 0 Å². The van der Waals surface area contributed by atoms with Gasteiger partial charge in [0, 0.05) is 25.9 Å². The van der Waals surface area contributed by atoms with E-state index < -0.39 is 15.4 Å². The van der Waals surface area contributed by atoms with E-state index >= 15 is 0 Å². The van der Waals surface area contributed by atoms with Crippen LogP contribution in [0.15, 0.2) is 47.4 Å². The summed E-state index contributed by atoms with van der Waals surface area (Å²) in [6, 6.07) is 12.9. The van der Waals surface area contributed by atoms with E-state index in [0.717, 1.165) is 25.1 Å². The van der Waals surface area contributed by atoms with Crippen molar-refractivity contribution in [3.8, 4) is 0 Å². The lowest BCUT2D eigenvalue weighted by atomic mass is 9.92. The van der Waals surface area contributed by atoms with Gasteiger partial charge in [0.1, 0.15) is 0 Å². The summed E-state index contributed by atoms with van der Waals surface area (Å²) < 4.78 is 23.2. The van der Waals surface area contributed by atoms with Crippen LogP contribution in [-0.2, 0) is 28.4 Å². The highest BCUT2D eigenvalue weighted by Gasteiger charge is 2.28. The monoisotopic (exact) mass is 359 g/mol. The lowest BCUT2D eigenvalue weighted by Crippen LogP contribution is -2.41. The molecule has 4 nitrogen and oxygen atoms in total. The van der Waals surface area contributed by atoms with Gasteiger partial charge in [-0.25, -0.2) is 8.42 Å². The van der Waals surface area contributed by atoms with Crippen molar-refractivity contribution in [2.24, 2.45) is 0 Å². The average Bonchev–Trinajstić information content (AvgIpc) is 2.54. The summed E-state index contributed by atoms with van der Waals surface area (Å²) in [5, 5.41) is 10.9. The molecule has 1 unspecified atom stereocenters. The molecule has 0 saturated heterocycles. The molecule has 2 aromatic carbocycles. The standard InChI is InChI=1S/C20H25NO3S/c1-15-5-4-6-16-13-21(12-11-19(15)16)14-20(2,22)17-7-9-18(10-8-17)25(3,23)24/h4-10,22H,11-14H2,1-3H3. The first kappa shape index (κ1) is 18.1. The van der Waals surface area contributed by atoms with Crippen molar-refractivity contribution in [3.63, 3.8) is 0 Å².